The first-order valence-electron chi connectivity index (χ1n) is 5.47. The van der Waals surface area contributed by atoms with Crippen LogP contribution in [-0.4, -0.2) is 30.2 Å². The van der Waals surface area contributed by atoms with Crippen LogP contribution in [-0.2, 0) is 9.59 Å². The van der Waals surface area contributed by atoms with E-state index in [4.69, 9.17) is 17.2 Å². The SMILES string of the molecule is NC(=O)/C(N)=C/C=C(\N)N1CCC(C=O)CC1. The van der Waals surface area contributed by atoms with Gasteiger partial charge in [-0.05, 0) is 25.0 Å². The highest BCUT2D eigenvalue weighted by Gasteiger charge is 2.18. The van der Waals surface area contributed by atoms with Crippen molar-refractivity contribution in [3.63, 3.8) is 0 Å². The van der Waals surface area contributed by atoms with Crippen LogP contribution in [0.2, 0.25) is 0 Å². The van der Waals surface area contributed by atoms with Crippen LogP contribution < -0.4 is 17.2 Å². The Hall–Kier alpha value is -1.98. The second-order valence-corrected chi connectivity index (χ2v) is 4.04. The summed E-state index contributed by atoms with van der Waals surface area (Å²) >= 11 is 0. The van der Waals surface area contributed by atoms with Crippen LogP contribution in [0.5, 0.6) is 0 Å². The van der Waals surface area contributed by atoms with Gasteiger partial charge in [0, 0.05) is 19.0 Å². The smallest absolute Gasteiger partial charge is 0.264 e. The Balaban J connectivity index is 2.56. The van der Waals surface area contributed by atoms with Crippen molar-refractivity contribution >= 4 is 12.2 Å². The summed E-state index contributed by atoms with van der Waals surface area (Å²) in [6.45, 7) is 1.46. The quantitative estimate of drug-likeness (QED) is 0.331. The summed E-state index contributed by atoms with van der Waals surface area (Å²) in [7, 11) is 0. The lowest BCUT2D eigenvalue weighted by Gasteiger charge is -2.31. The number of carbonyl (C=O) groups is 2. The molecule has 0 bridgehead atoms. The van der Waals surface area contributed by atoms with Gasteiger partial charge in [0.05, 0.1) is 11.5 Å². The Labute approximate surface area is 100 Å². The molecule has 0 saturated carbocycles. The van der Waals surface area contributed by atoms with Gasteiger partial charge in [-0.15, -0.1) is 0 Å². The number of likely N-dealkylation sites (tertiary alicyclic amines) is 1. The lowest BCUT2D eigenvalue weighted by atomic mass is 9.99. The summed E-state index contributed by atoms with van der Waals surface area (Å²) in [6.07, 6.45) is 5.53. The predicted molar refractivity (Wildman–Crippen MR) is 64.1 cm³/mol. The van der Waals surface area contributed by atoms with E-state index in [1.165, 1.54) is 6.08 Å². The molecule has 17 heavy (non-hydrogen) atoms. The summed E-state index contributed by atoms with van der Waals surface area (Å²) in [5.41, 5.74) is 16.1. The Morgan fingerprint density at radius 3 is 2.18 bits per heavy atom. The van der Waals surface area contributed by atoms with E-state index in [-0.39, 0.29) is 11.6 Å². The third-order valence-corrected chi connectivity index (χ3v) is 2.82. The molecule has 94 valence electrons. The molecule has 6 N–H and O–H groups in total. The number of aldehydes is 1. The number of nitrogens with two attached hydrogens (primary N) is 3. The number of hydrogen-bond acceptors (Lipinski definition) is 5. The summed E-state index contributed by atoms with van der Waals surface area (Å²) in [6, 6.07) is 0. The number of piperidine rings is 1. The number of carbonyl (C=O) groups excluding carboxylic acids is 2. The molecular formula is C11H18N4O2. The van der Waals surface area contributed by atoms with Crippen LogP contribution in [0.25, 0.3) is 0 Å². The van der Waals surface area contributed by atoms with Gasteiger partial charge in [0.25, 0.3) is 5.91 Å². The zero-order valence-electron chi connectivity index (χ0n) is 9.63. The van der Waals surface area contributed by atoms with Crippen molar-refractivity contribution < 1.29 is 9.59 Å². The van der Waals surface area contributed by atoms with Crippen LogP contribution in [0.3, 0.4) is 0 Å². The maximum atomic E-state index is 10.7. The predicted octanol–water partition coefficient (Wildman–Crippen LogP) is -0.975. The van der Waals surface area contributed by atoms with E-state index in [2.05, 4.69) is 0 Å². The first-order chi connectivity index (χ1) is 8.04. The van der Waals surface area contributed by atoms with Crippen molar-refractivity contribution in [1.29, 1.82) is 0 Å². The van der Waals surface area contributed by atoms with Gasteiger partial charge >= 0.3 is 0 Å². The zero-order valence-corrected chi connectivity index (χ0v) is 9.63. The zero-order chi connectivity index (χ0) is 12.8. The van der Waals surface area contributed by atoms with E-state index in [1.807, 2.05) is 4.90 Å². The molecule has 0 aromatic carbocycles. The average Bonchev–Trinajstić information content (AvgIpc) is 2.35. The molecular weight excluding hydrogens is 220 g/mol. The maximum Gasteiger partial charge on any atom is 0.264 e. The number of hydrogen-bond donors (Lipinski definition) is 3. The molecule has 0 radical (unpaired) electrons. The molecule has 1 aliphatic rings. The largest absolute Gasteiger partial charge is 0.394 e. The first-order valence-corrected chi connectivity index (χ1v) is 5.47. The second kappa shape index (κ2) is 5.93. The fourth-order valence-electron chi connectivity index (χ4n) is 1.66. The van der Waals surface area contributed by atoms with Gasteiger partial charge in [-0.3, -0.25) is 4.79 Å². The van der Waals surface area contributed by atoms with Crippen LogP contribution in [0.1, 0.15) is 12.8 Å². The Morgan fingerprint density at radius 2 is 1.71 bits per heavy atom. The fraction of sp³-hybridized carbons (Fsp3) is 0.455. The minimum atomic E-state index is -0.672. The van der Waals surface area contributed by atoms with Gasteiger partial charge in [0.2, 0.25) is 0 Å². The van der Waals surface area contributed by atoms with Gasteiger partial charge in [0.15, 0.2) is 0 Å². The van der Waals surface area contributed by atoms with Gasteiger partial charge in [-0.25, -0.2) is 0 Å². The minimum absolute atomic E-state index is 0.0317. The molecule has 0 spiro atoms. The highest BCUT2D eigenvalue weighted by Crippen LogP contribution is 2.16. The minimum Gasteiger partial charge on any atom is -0.394 e. The lowest BCUT2D eigenvalue weighted by molar-refractivity contribution is -0.114. The van der Waals surface area contributed by atoms with Crippen molar-refractivity contribution in [2.24, 2.45) is 23.1 Å². The Morgan fingerprint density at radius 1 is 1.12 bits per heavy atom. The normalized spacial score (nSPS) is 19.2. The molecule has 1 amide bonds. The van der Waals surface area contributed by atoms with Gasteiger partial charge in [0.1, 0.15) is 6.29 Å². The van der Waals surface area contributed by atoms with Gasteiger partial charge in [-0.2, -0.15) is 0 Å². The molecule has 1 fully saturated rings. The summed E-state index contributed by atoms with van der Waals surface area (Å²) in [5, 5.41) is 0. The number of allylic oxidation sites excluding steroid dienone is 2. The van der Waals surface area contributed by atoms with E-state index in [0.717, 1.165) is 32.2 Å². The van der Waals surface area contributed by atoms with Crippen molar-refractivity contribution in [2.75, 3.05) is 13.1 Å². The molecule has 0 aromatic rings. The third-order valence-electron chi connectivity index (χ3n) is 2.82. The van der Waals surface area contributed by atoms with Crippen molar-refractivity contribution in [3.05, 3.63) is 23.7 Å². The number of nitrogens with zero attached hydrogens (tertiary/aromatic N) is 1. The third kappa shape index (κ3) is 3.82. The number of rotatable bonds is 4. The molecule has 1 aliphatic heterocycles. The fourth-order valence-corrected chi connectivity index (χ4v) is 1.66. The molecule has 0 unspecified atom stereocenters. The Kier molecular flexibility index (Phi) is 4.56. The highest BCUT2D eigenvalue weighted by molar-refractivity contribution is 5.91. The standard InChI is InChI=1S/C11H18N4O2/c12-9(11(14)17)1-2-10(13)15-5-3-8(7-16)4-6-15/h1-2,7-8H,3-6,12-13H2,(H2,14,17)/b9-1-,10-2+. The monoisotopic (exact) mass is 238 g/mol. The average molecular weight is 238 g/mol. The van der Waals surface area contributed by atoms with Crippen LogP contribution in [0.4, 0.5) is 0 Å². The summed E-state index contributed by atoms with van der Waals surface area (Å²) < 4.78 is 0. The van der Waals surface area contributed by atoms with Crippen molar-refractivity contribution in [1.82, 2.24) is 4.90 Å². The summed E-state index contributed by atoms with van der Waals surface area (Å²) in [5.74, 6) is -0.0162. The summed E-state index contributed by atoms with van der Waals surface area (Å²) in [4.78, 5) is 23.2. The van der Waals surface area contributed by atoms with Crippen LogP contribution in [0, 0.1) is 5.92 Å². The van der Waals surface area contributed by atoms with E-state index in [0.29, 0.717) is 5.82 Å². The molecule has 0 aliphatic carbocycles. The van der Waals surface area contributed by atoms with Gasteiger partial charge in [-0.1, -0.05) is 0 Å². The number of primary amides is 1. The topological polar surface area (TPSA) is 115 Å². The van der Waals surface area contributed by atoms with E-state index < -0.39 is 5.91 Å². The van der Waals surface area contributed by atoms with Crippen LogP contribution in [0.15, 0.2) is 23.7 Å². The van der Waals surface area contributed by atoms with E-state index in [1.54, 1.807) is 6.08 Å². The highest BCUT2D eigenvalue weighted by atomic mass is 16.1. The van der Waals surface area contributed by atoms with Crippen molar-refractivity contribution in [2.45, 2.75) is 12.8 Å². The molecule has 6 nitrogen and oxygen atoms in total. The lowest BCUT2D eigenvalue weighted by Crippen LogP contribution is -2.36. The molecule has 0 atom stereocenters. The maximum absolute atomic E-state index is 10.7. The molecule has 6 heteroatoms. The molecule has 1 saturated heterocycles. The van der Waals surface area contributed by atoms with Gasteiger partial charge < -0.3 is 26.9 Å². The van der Waals surface area contributed by atoms with Crippen molar-refractivity contribution in [3.8, 4) is 0 Å². The molecule has 1 rings (SSSR count). The molecule has 0 aromatic heterocycles. The Bertz CT molecular complexity index is 354. The van der Waals surface area contributed by atoms with E-state index >= 15 is 0 Å². The van der Waals surface area contributed by atoms with E-state index in [9.17, 15) is 9.59 Å². The number of amides is 1. The van der Waals surface area contributed by atoms with Crippen LogP contribution >= 0.6 is 0 Å². The first kappa shape index (κ1) is 13.1. The molecule has 1 heterocycles. The second-order valence-electron chi connectivity index (χ2n) is 4.04.